The van der Waals surface area contributed by atoms with E-state index in [1.165, 1.54) is 12.1 Å². The van der Waals surface area contributed by atoms with Gasteiger partial charge in [-0.3, -0.25) is 9.69 Å². The van der Waals surface area contributed by atoms with Crippen molar-refractivity contribution >= 4 is 23.1 Å². The fraction of sp³-hybridized carbons (Fsp3) is 0.500. The summed E-state index contributed by atoms with van der Waals surface area (Å²) in [7, 11) is 0. The van der Waals surface area contributed by atoms with Gasteiger partial charge < -0.3 is 24.6 Å². The molecular formula is C28H32F3N5O3. The Hall–Kier alpha value is -3.31. The Labute approximate surface area is 225 Å². The minimum absolute atomic E-state index is 0.0114. The lowest BCUT2D eigenvalue weighted by Gasteiger charge is -2.47. The van der Waals surface area contributed by atoms with Crippen molar-refractivity contribution in [3.63, 3.8) is 0 Å². The van der Waals surface area contributed by atoms with Gasteiger partial charge in [0, 0.05) is 63.1 Å². The number of carbonyl (C=O) groups excluding carboxylic acids is 1. The number of hydrogen-bond donors (Lipinski definition) is 1. The van der Waals surface area contributed by atoms with Gasteiger partial charge in [0.25, 0.3) is 0 Å². The van der Waals surface area contributed by atoms with Gasteiger partial charge >= 0.3 is 6.18 Å². The number of morpholine rings is 1. The maximum Gasteiger partial charge on any atom is 0.420 e. The van der Waals surface area contributed by atoms with E-state index in [2.05, 4.69) is 26.7 Å². The standard InChI is InChI=1S/C28H32F3N5O3/c1-2-25(37)35-7-4-20(5-8-35)36-15-19(16-36)18-13-22(28(29,30)31)26-23(14-18)33-27-21(17-39-26)24(3-6-32-27)34-9-11-38-12-10-34/h2-3,6,13-14,19-20H,1,4-5,7-12,15-17H2,(H,32,33). The van der Waals surface area contributed by atoms with Crippen molar-refractivity contribution in [1.82, 2.24) is 14.8 Å². The van der Waals surface area contributed by atoms with Crippen LogP contribution in [0.4, 0.5) is 30.4 Å². The molecule has 1 amide bonds. The van der Waals surface area contributed by atoms with Crippen LogP contribution in [0.3, 0.4) is 0 Å². The summed E-state index contributed by atoms with van der Waals surface area (Å²) in [4.78, 5) is 22.6. The van der Waals surface area contributed by atoms with Gasteiger partial charge in [0.15, 0.2) is 5.75 Å². The Kier molecular flexibility index (Phi) is 6.88. The number of carbonyl (C=O) groups is 1. The molecule has 8 nitrogen and oxygen atoms in total. The molecule has 0 unspecified atom stereocenters. The number of ether oxygens (including phenoxy) is 2. The van der Waals surface area contributed by atoms with E-state index in [0.29, 0.717) is 75.6 Å². The van der Waals surface area contributed by atoms with E-state index >= 15 is 0 Å². The fourth-order valence-electron chi connectivity index (χ4n) is 6.05. The Bertz CT molecular complexity index is 1250. The number of anilines is 3. The molecule has 6 rings (SSSR count). The number of nitrogens with one attached hydrogen (secondary N) is 1. The molecule has 0 saturated carbocycles. The maximum atomic E-state index is 14.3. The van der Waals surface area contributed by atoms with Crippen LogP contribution in [-0.2, 0) is 22.3 Å². The average molecular weight is 544 g/mol. The molecule has 1 N–H and O–H groups in total. The molecule has 3 fully saturated rings. The molecule has 4 aliphatic heterocycles. The van der Waals surface area contributed by atoms with E-state index < -0.39 is 11.7 Å². The van der Waals surface area contributed by atoms with Crippen LogP contribution in [0, 0.1) is 0 Å². The average Bonchev–Trinajstić information content (AvgIpc) is 3.11. The number of aromatic nitrogens is 1. The zero-order valence-corrected chi connectivity index (χ0v) is 21.7. The molecule has 39 heavy (non-hydrogen) atoms. The van der Waals surface area contributed by atoms with E-state index in [9.17, 15) is 18.0 Å². The fourth-order valence-corrected chi connectivity index (χ4v) is 6.05. The van der Waals surface area contributed by atoms with Gasteiger partial charge in [-0.05, 0) is 42.7 Å². The Morgan fingerprint density at radius 1 is 1.13 bits per heavy atom. The quantitative estimate of drug-likeness (QED) is 0.581. The van der Waals surface area contributed by atoms with Crippen LogP contribution in [0.2, 0.25) is 0 Å². The third-order valence-corrected chi connectivity index (χ3v) is 8.26. The van der Waals surface area contributed by atoms with Gasteiger partial charge in [-0.2, -0.15) is 13.2 Å². The number of likely N-dealkylation sites (tertiary alicyclic amines) is 2. The van der Waals surface area contributed by atoms with Gasteiger partial charge in [-0.25, -0.2) is 4.98 Å². The first-order valence-electron chi connectivity index (χ1n) is 13.4. The molecule has 0 spiro atoms. The summed E-state index contributed by atoms with van der Waals surface area (Å²) in [6.45, 7) is 8.85. The molecule has 5 heterocycles. The van der Waals surface area contributed by atoms with E-state index in [0.717, 1.165) is 24.1 Å². The highest BCUT2D eigenvalue weighted by molar-refractivity contribution is 5.87. The molecule has 1 aromatic carbocycles. The number of nitrogens with zero attached hydrogens (tertiary/aromatic N) is 4. The molecule has 11 heteroatoms. The first-order chi connectivity index (χ1) is 18.8. The second kappa shape index (κ2) is 10.3. The summed E-state index contributed by atoms with van der Waals surface area (Å²) < 4.78 is 54.2. The van der Waals surface area contributed by atoms with Crippen molar-refractivity contribution in [2.75, 3.05) is 62.7 Å². The smallest absolute Gasteiger partial charge is 0.420 e. The van der Waals surface area contributed by atoms with Crippen LogP contribution in [0.5, 0.6) is 5.75 Å². The molecule has 1 aromatic heterocycles. The number of amides is 1. The SMILES string of the molecule is C=CC(=O)N1CCC(N2CC(c3cc4c(c(C(F)(F)F)c3)OCc3c(N5CCOCC5)ccnc3N4)C2)CC1. The Balaban J connectivity index is 1.22. The number of pyridine rings is 1. The van der Waals surface area contributed by atoms with Gasteiger partial charge in [0.1, 0.15) is 12.4 Å². The van der Waals surface area contributed by atoms with E-state index in [4.69, 9.17) is 9.47 Å². The molecule has 4 aliphatic rings. The largest absolute Gasteiger partial charge is 0.486 e. The number of hydrogen-bond acceptors (Lipinski definition) is 7. The van der Waals surface area contributed by atoms with Crippen molar-refractivity contribution in [1.29, 1.82) is 0 Å². The van der Waals surface area contributed by atoms with Crippen LogP contribution < -0.4 is 15.0 Å². The predicted molar refractivity (Wildman–Crippen MR) is 140 cm³/mol. The maximum absolute atomic E-state index is 14.3. The van der Waals surface area contributed by atoms with Crippen molar-refractivity contribution in [3.05, 3.63) is 53.7 Å². The van der Waals surface area contributed by atoms with Crippen molar-refractivity contribution in [2.24, 2.45) is 0 Å². The zero-order chi connectivity index (χ0) is 27.1. The van der Waals surface area contributed by atoms with E-state index in [1.807, 2.05) is 6.07 Å². The number of piperidine rings is 1. The predicted octanol–water partition coefficient (Wildman–Crippen LogP) is 4.15. The normalized spacial score (nSPS) is 20.7. The van der Waals surface area contributed by atoms with Crippen molar-refractivity contribution in [2.45, 2.75) is 37.6 Å². The van der Waals surface area contributed by atoms with E-state index in [-0.39, 0.29) is 24.2 Å². The van der Waals surface area contributed by atoms with Crippen LogP contribution in [0.1, 0.15) is 35.4 Å². The first kappa shape index (κ1) is 25.9. The summed E-state index contributed by atoms with van der Waals surface area (Å²) in [6.07, 6.45) is 0.160. The number of halogens is 3. The summed E-state index contributed by atoms with van der Waals surface area (Å²) in [5.74, 6) is 0.260. The minimum atomic E-state index is -4.56. The Morgan fingerprint density at radius 2 is 1.87 bits per heavy atom. The number of alkyl halides is 3. The van der Waals surface area contributed by atoms with Gasteiger partial charge in [0.05, 0.1) is 30.0 Å². The third-order valence-electron chi connectivity index (χ3n) is 8.26. The Morgan fingerprint density at radius 3 is 2.56 bits per heavy atom. The molecular weight excluding hydrogens is 511 g/mol. The molecule has 208 valence electrons. The summed E-state index contributed by atoms with van der Waals surface area (Å²) in [6, 6.07) is 5.24. The molecule has 0 atom stereocenters. The number of benzene rings is 1. The van der Waals surface area contributed by atoms with Crippen LogP contribution >= 0.6 is 0 Å². The van der Waals surface area contributed by atoms with E-state index in [1.54, 1.807) is 17.2 Å². The monoisotopic (exact) mass is 543 g/mol. The minimum Gasteiger partial charge on any atom is -0.486 e. The van der Waals surface area contributed by atoms with Crippen LogP contribution in [0.15, 0.2) is 37.1 Å². The van der Waals surface area contributed by atoms with Gasteiger partial charge in [-0.15, -0.1) is 0 Å². The highest BCUT2D eigenvalue weighted by Crippen LogP contribution is 2.47. The second-order valence-electron chi connectivity index (χ2n) is 10.5. The molecule has 0 radical (unpaired) electrons. The summed E-state index contributed by atoms with van der Waals surface area (Å²) in [5, 5.41) is 3.18. The highest BCUT2D eigenvalue weighted by Gasteiger charge is 2.41. The lowest BCUT2D eigenvalue weighted by molar-refractivity contribution is -0.139. The van der Waals surface area contributed by atoms with Gasteiger partial charge in [0.2, 0.25) is 5.91 Å². The molecule has 0 aliphatic carbocycles. The number of rotatable bonds is 4. The van der Waals surface area contributed by atoms with Gasteiger partial charge in [-0.1, -0.05) is 6.58 Å². The topological polar surface area (TPSA) is 70.2 Å². The van der Waals surface area contributed by atoms with Crippen LogP contribution in [0.25, 0.3) is 0 Å². The molecule has 2 aromatic rings. The molecule has 0 bridgehead atoms. The second-order valence-corrected chi connectivity index (χ2v) is 10.5. The first-order valence-corrected chi connectivity index (χ1v) is 13.4. The lowest BCUT2D eigenvalue weighted by Crippen LogP contribution is -2.54. The van der Waals surface area contributed by atoms with Crippen LogP contribution in [-0.4, -0.2) is 79.2 Å². The summed E-state index contributed by atoms with van der Waals surface area (Å²) >= 11 is 0. The highest BCUT2D eigenvalue weighted by atomic mass is 19.4. The molecule has 3 saturated heterocycles. The van der Waals surface area contributed by atoms with Crippen molar-refractivity contribution < 1.29 is 27.4 Å². The third kappa shape index (κ3) is 5.05. The summed E-state index contributed by atoms with van der Waals surface area (Å²) in [5.41, 5.74) is 1.80. The zero-order valence-electron chi connectivity index (χ0n) is 21.7. The van der Waals surface area contributed by atoms with Crippen molar-refractivity contribution in [3.8, 4) is 5.75 Å². The number of fused-ring (bicyclic) bond motifs is 2. The lowest BCUT2D eigenvalue weighted by atomic mass is 9.86.